The van der Waals surface area contributed by atoms with E-state index in [-0.39, 0.29) is 17.3 Å². The lowest BCUT2D eigenvalue weighted by atomic mass is 10.1. The minimum Gasteiger partial charge on any atom is -0.493 e. The summed E-state index contributed by atoms with van der Waals surface area (Å²) in [6, 6.07) is 21.7. The van der Waals surface area contributed by atoms with Gasteiger partial charge in [-0.3, -0.25) is 9.59 Å². The minimum atomic E-state index is -0.775. The largest absolute Gasteiger partial charge is 0.493 e. The van der Waals surface area contributed by atoms with Gasteiger partial charge in [0.25, 0.3) is 5.91 Å². The van der Waals surface area contributed by atoms with Crippen LogP contribution >= 0.6 is 31.9 Å². The number of hydrogen-bond donors (Lipinski definition) is 3. The summed E-state index contributed by atoms with van der Waals surface area (Å²) in [5.41, 5.74) is 2.70. The van der Waals surface area contributed by atoms with Crippen molar-refractivity contribution in [3.8, 4) is 5.88 Å². The van der Waals surface area contributed by atoms with Crippen molar-refractivity contribution in [2.24, 2.45) is 10.2 Å². The number of nitrogens with one attached hydrogen (secondary N) is 2. The number of carbonyl (C=O) groups is 2. The summed E-state index contributed by atoms with van der Waals surface area (Å²) in [5, 5.41) is 21.4. The average Bonchev–Trinajstić information content (AvgIpc) is 3.18. The number of amides is 2. The van der Waals surface area contributed by atoms with Crippen molar-refractivity contribution in [3.05, 3.63) is 110 Å². The van der Waals surface area contributed by atoms with E-state index >= 15 is 0 Å². The van der Waals surface area contributed by atoms with Crippen LogP contribution in [0.5, 0.6) is 5.88 Å². The number of carbonyl (C=O) groups excluding carboxylic acids is 2. The van der Waals surface area contributed by atoms with Crippen molar-refractivity contribution < 1.29 is 14.7 Å². The van der Waals surface area contributed by atoms with Crippen molar-refractivity contribution in [3.63, 3.8) is 0 Å². The monoisotopic (exact) mass is 606 g/mol. The Morgan fingerprint density at radius 3 is 2.36 bits per heavy atom. The van der Waals surface area contributed by atoms with Crippen molar-refractivity contribution >= 4 is 66.3 Å². The number of rotatable bonds is 6. The Morgan fingerprint density at radius 1 is 1.00 bits per heavy atom. The molecule has 3 aromatic carbocycles. The number of aromatic nitrogens is 1. The number of azo groups is 1. The van der Waals surface area contributed by atoms with E-state index in [2.05, 4.69) is 52.4 Å². The SMILES string of the molecule is CC(=C/c1ccccc1)/C=C(\NC(=O)c1ccccc1)C(=O)N=Nc1c(O)[nH]c2c(Br)cc(Br)cc12. The van der Waals surface area contributed by atoms with Crippen LogP contribution in [-0.2, 0) is 4.79 Å². The second-order valence-electron chi connectivity index (χ2n) is 7.81. The van der Waals surface area contributed by atoms with Crippen LogP contribution in [0.4, 0.5) is 5.69 Å². The number of nitrogens with zero attached hydrogens (tertiary/aromatic N) is 2. The fourth-order valence-corrected chi connectivity index (χ4v) is 4.78. The zero-order valence-electron chi connectivity index (χ0n) is 19.0. The van der Waals surface area contributed by atoms with Crippen LogP contribution < -0.4 is 5.32 Å². The Hall–Kier alpha value is -3.82. The van der Waals surface area contributed by atoms with Crippen LogP contribution in [0, 0.1) is 0 Å². The molecule has 3 N–H and O–H groups in total. The maximum atomic E-state index is 13.1. The fraction of sp³-hybridized carbons (Fsp3) is 0.0370. The predicted octanol–water partition coefficient (Wildman–Crippen LogP) is 7.43. The quantitative estimate of drug-likeness (QED) is 0.120. The predicted molar refractivity (Wildman–Crippen MR) is 147 cm³/mol. The van der Waals surface area contributed by atoms with Gasteiger partial charge in [0, 0.05) is 19.9 Å². The summed E-state index contributed by atoms with van der Waals surface area (Å²) in [7, 11) is 0. The van der Waals surface area contributed by atoms with Gasteiger partial charge in [-0.15, -0.1) is 10.2 Å². The molecule has 4 aromatic rings. The van der Waals surface area contributed by atoms with Crippen LogP contribution in [0.2, 0.25) is 0 Å². The zero-order valence-corrected chi connectivity index (χ0v) is 22.2. The van der Waals surface area contributed by atoms with Gasteiger partial charge in [-0.05, 0) is 64.3 Å². The summed E-state index contributed by atoms with van der Waals surface area (Å²) < 4.78 is 1.45. The van der Waals surface area contributed by atoms with Crippen molar-refractivity contribution in [2.45, 2.75) is 6.92 Å². The molecule has 0 aliphatic rings. The second kappa shape index (κ2) is 11.3. The van der Waals surface area contributed by atoms with Crippen molar-refractivity contribution in [1.29, 1.82) is 0 Å². The first-order valence-corrected chi connectivity index (χ1v) is 12.4. The lowest BCUT2D eigenvalue weighted by Gasteiger charge is -2.07. The molecule has 1 aromatic heterocycles. The Bertz CT molecular complexity index is 1530. The molecule has 36 heavy (non-hydrogen) atoms. The summed E-state index contributed by atoms with van der Waals surface area (Å²) >= 11 is 6.83. The summed E-state index contributed by atoms with van der Waals surface area (Å²) in [4.78, 5) is 28.7. The van der Waals surface area contributed by atoms with Gasteiger partial charge >= 0.3 is 5.91 Å². The van der Waals surface area contributed by atoms with E-state index in [1.807, 2.05) is 49.4 Å². The molecule has 0 radical (unpaired) electrons. The molecular weight excluding hydrogens is 588 g/mol. The highest BCUT2D eigenvalue weighted by atomic mass is 79.9. The standard InChI is InChI=1S/C27H20Br2N4O3/c1-16(12-17-8-4-2-5-9-17)13-22(30-25(34)18-10-6-3-7-11-18)26(35)33-32-24-20-14-19(28)15-21(29)23(20)31-27(24)36/h2-15,31,36H,1H3,(H,30,34)/b16-12-,22-13-,33-32?. The highest BCUT2D eigenvalue weighted by molar-refractivity contribution is 9.11. The van der Waals surface area contributed by atoms with E-state index in [1.54, 1.807) is 36.4 Å². The van der Waals surface area contributed by atoms with Crippen LogP contribution in [0.15, 0.2) is 109 Å². The van der Waals surface area contributed by atoms with E-state index in [1.165, 1.54) is 6.08 Å². The molecule has 9 heteroatoms. The molecule has 0 unspecified atom stereocenters. The number of benzene rings is 3. The number of H-pyrrole nitrogens is 1. The molecule has 0 fully saturated rings. The van der Waals surface area contributed by atoms with E-state index in [0.29, 0.717) is 20.9 Å². The zero-order chi connectivity index (χ0) is 25.7. The van der Waals surface area contributed by atoms with E-state index in [4.69, 9.17) is 0 Å². The van der Waals surface area contributed by atoms with Crippen molar-refractivity contribution in [2.75, 3.05) is 0 Å². The van der Waals surface area contributed by atoms with Gasteiger partial charge in [0.2, 0.25) is 5.88 Å². The molecule has 180 valence electrons. The van der Waals surface area contributed by atoms with E-state index in [0.717, 1.165) is 15.6 Å². The Kier molecular flexibility index (Phi) is 7.92. The van der Waals surface area contributed by atoms with Gasteiger partial charge < -0.3 is 15.4 Å². The summed E-state index contributed by atoms with van der Waals surface area (Å²) in [6.45, 7) is 1.81. The topological polar surface area (TPSA) is 107 Å². The second-order valence-corrected chi connectivity index (χ2v) is 9.58. The number of allylic oxidation sites excluding steroid dienone is 2. The molecule has 2 amide bonds. The Morgan fingerprint density at radius 2 is 1.67 bits per heavy atom. The fourth-order valence-electron chi connectivity index (χ4n) is 3.46. The highest BCUT2D eigenvalue weighted by Crippen LogP contribution is 2.40. The van der Waals surface area contributed by atoms with Gasteiger partial charge in [-0.2, -0.15) is 0 Å². The summed E-state index contributed by atoms with van der Waals surface area (Å²) in [5.74, 6) is -1.47. The third-order valence-corrected chi connectivity index (χ3v) is 6.18. The molecule has 0 aliphatic carbocycles. The molecule has 0 atom stereocenters. The van der Waals surface area contributed by atoms with Gasteiger partial charge in [-0.1, -0.05) is 70.5 Å². The third-order valence-electron chi connectivity index (χ3n) is 5.10. The lowest BCUT2D eigenvalue weighted by Crippen LogP contribution is -2.26. The first-order chi connectivity index (χ1) is 17.3. The van der Waals surface area contributed by atoms with Crippen LogP contribution in [0.1, 0.15) is 22.8 Å². The molecular formula is C27H20Br2N4O3. The van der Waals surface area contributed by atoms with Gasteiger partial charge in [0.05, 0.1) is 5.52 Å². The van der Waals surface area contributed by atoms with Gasteiger partial charge in [-0.25, -0.2) is 0 Å². The molecule has 4 rings (SSSR count). The van der Waals surface area contributed by atoms with E-state index in [9.17, 15) is 14.7 Å². The van der Waals surface area contributed by atoms with Crippen LogP contribution in [0.25, 0.3) is 17.0 Å². The van der Waals surface area contributed by atoms with Crippen LogP contribution in [0.3, 0.4) is 0 Å². The lowest BCUT2D eigenvalue weighted by molar-refractivity contribution is -0.115. The average molecular weight is 608 g/mol. The molecule has 1 heterocycles. The smallest absolute Gasteiger partial charge is 0.311 e. The molecule has 0 saturated heterocycles. The number of halogens is 2. The first-order valence-electron chi connectivity index (χ1n) is 10.8. The first kappa shape index (κ1) is 25.3. The van der Waals surface area contributed by atoms with Crippen LogP contribution in [-0.4, -0.2) is 21.9 Å². The number of aromatic hydroxyl groups is 1. The molecule has 0 spiro atoms. The number of aromatic amines is 1. The van der Waals surface area contributed by atoms with Crippen molar-refractivity contribution in [1.82, 2.24) is 10.3 Å². The number of fused-ring (bicyclic) bond motifs is 1. The maximum absolute atomic E-state index is 13.1. The Balaban J connectivity index is 1.68. The number of hydrogen-bond acceptors (Lipinski definition) is 4. The normalized spacial score (nSPS) is 12.3. The minimum absolute atomic E-state index is 0.0565. The molecule has 0 aliphatic heterocycles. The Labute approximate surface area is 223 Å². The molecule has 7 nitrogen and oxygen atoms in total. The molecule has 0 saturated carbocycles. The van der Waals surface area contributed by atoms with E-state index < -0.39 is 11.8 Å². The highest BCUT2D eigenvalue weighted by Gasteiger charge is 2.17. The van der Waals surface area contributed by atoms with Gasteiger partial charge in [0.15, 0.2) is 5.69 Å². The molecule has 0 bridgehead atoms. The summed E-state index contributed by atoms with van der Waals surface area (Å²) in [6.07, 6.45) is 3.41. The maximum Gasteiger partial charge on any atom is 0.311 e. The third kappa shape index (κ3) is 6.05. The van der Waals surface area contributed by atoms with Gasteiger partial charge in [0.1, 0.15) is 5.70 Å².